The van der Waals surface area contributed by atoms with Crippen molar-refractivity contribution in [2.75, 3.05) is 0 Å². The van der Waals surface area contributed by atoms with Gasteiger partial charge in [-0.3, -0.25) is 4.79 Å². The monoisotopic (exact) mass is 358 g/mol. The third-order valence-electron chi connectivity index (χ3n) is 9.25. The summed E-state index contributed by atoms with van der Waals surface area (Å²) in [6.07, 6.45) is 15.8. The van der Waals surface area contributed by atoms with E-state index in [-0.39, 0.29) is 12.1 Å². The number of carbonyl (C=O) groups is 1. The van der Waals surface area contributed by atoms with Crippen LogP contribution in [0.5, 0.6) is 0 Å². The summed E-state index contributed by atoms with van der Waals surface area (Å²) in [6.45, 7) is 9.05. The van der Waals surface area contributed by atoms with Gasteiger partial charge in [-0.2, -0.15) is 0 Å². The second kappa shape index (κ2) is 6.67. The molecular weight excluding hydrogens is 320 g/mol. The molecule has 7 atom stereocenters. The van der Waals surface area contributed by atoms with E-state index in [1.165, 1.54) is 51.4 Å². The third kappa shape index (κ3) is 2.78. The maximum Gasteiger partial charge on any atom is 0.302 e. The maximum atomic E-state index is 11.4. The summed E-state index contributed by atoms with van der Waals surface area (Å²) in [4.78, 5) is 11.4. The molecule has 4 saturated carbocycles. The van der Waals surface area contributed by atoms with Gasteiger partial charge in [0.1, 0.15) is 6.10 Å². The maximum absolute atomic E-state index is 11.4. The van der Waals surface area contributed by atoms with Crippen molar-refractivity contribution in [3.63, 3.8) is 0 Å². The Labute approximate surface area is 160 Å². The molecule has 2 nitrogen and oxygen atoms in total. The molecule has 0 aromatic heterocycles. The van der Waals surface area contributed by atoms with Crippen molar-refractivity contribution in [3.8, 4) is 0 Å². The van der Waals surface area contributed by atoms with Gasteiger partial charge in [-0.15, -0.1) is 0 Å². The summed E-state index contributed by atoms with van der Waals surface area (Å²) >= 11 is 0. The van der Waals surface area contributed by atoms with Crippen LogP contribution in [-0.2, 0) is 9.53 Å². The van der Waals surface area contributed by atoms with Crippen LogP contribution in [0.1, 0.15) is 91.9 Å². The SMILES string of the molecule is CC/C=C1\CC[C@H]2[C@@H]3CC[C@@H]4C[C@@H](OC(C)=O)CC[C@]4(C)[C@H]3CC[C@]12C. The van der Waals surface area contributed by atoms with Crippen LogP contribution in [0, 0.1) is 34.5 Å². The Morgan fingerprint density at radius 3 is 2.65 bits per heavy atom. The molecule has 0 saturated heterocycles. The number of ether oxygens (including phenoxy) is 1. The van der Waals surface area contributed by atoms with E-state index in [1.807, 2.05) is 0 Å². The minimum absolute atomic E-state index is 0.0954. The zero-order chi connectivity index (χ0) is 18.5. The van der Waals surface area contributed by atoms with Crippen LogP contribution in [0.3, 0.4) is 0 Å². The first-order chi connectivity index (χ1) is 12.4. The molecule has 4 aliphatic carbocycles. The molecule has 0 aromatic rings. The van der Waals surface area contributed by atoms with Crippen LogP contribution in [0.2, 0.25) is 0 Å². The van der Waals surface area contributed by atoms with Gasteiger partial charge in [0, 0.05) is 6.92 Å². The lowest BCUT2D eigenvalue weighted by molar-refractivity contribution is -0.158. The lowest BCUT2D eigenvalue weighted by Crippen LogP contribution is -2.53. The predicted molar refractivity (Wildman–Crippen MR) is 106 cm³/mol. The van der Waals surface area contributed by atoms with Crippen LogP contribution in [0.25, 0.3) is 0 Å². The minimum atomic E-state index is -0.0954. The summed E-state index contributed by atoms with van der Waals surface area (Å²) in [7, 11) is 0. The van der Waals surface area contributed by atoms with E-state index in [0.717, 1.165) is 36.5 Å². The molecule has 0 radical (unpaired) electrons. The minimum Gasteiger partial charge on any atom is -0.463 e. The smallest absolute Gasteiger partial charge is 0.302 e. The van der Waals surface area contributed by atoms with Crippen LogP contribution in [0.4, 0.5) is 0 Å². The molecular formula is C24H38O2. The van der Waals surface area contributed by atoms with Crippen molar-refractivity contribution >= 4 is 5.97 Å². The van der Waals surface area contributed by atoms with Crippen LogP contribution in [0.15, 0.2) is 11.6 Å². The second-order valence-electron chi connectivity index (χ2n) is 10.3. The largest absolute Gasteiger partial charge is 0.463 e. The lowest BCUT2D eigenvalue weighted by atomic mass is 9.45. The summed E-state index contributed by atoms with van der Waals surface area (Å²) in [5.41, 5.74) is 2.77. The van der Waals surface area contributed by atoms with Crippen LogP contribution < -0.4 is 0 Å². The Bertz CT molecular complexity index is 593. The van der Waals surface area contributed by atoms with E-state index in [2.05, 4.69) is 26.8 Å². The number of esters is 1. The highest BCUT2D eigenvalue weighted by atomic mass is 16.5. The highest BCUT2D eigenvalue weighted by molar-refractivity contribution is 5.66. The number of carbonyl (C=O) groups excluding carboxylic acids is 1. The lowest BCUT2D eigenvalue weighted by Gasteiger charge is -2.60. The van der Waals surface area contributed by atoms with Gasteiger partial charge >= 0.3 is 5.97 Å². The number of rotatable bonds is 2. The fraction of sp³-hybridized carbons (Fsp3) is 0.875. The summed E-state index contributed by atoms with van der Waals surface area (Å²) in [6, 6.07) is 0. The van der Waals surface area contributed by atoms with Gasteiger partial charge in [-0.05, 0) is 98.7 Å². The molecule has 0 amide bonds. The fourth-order valence-corrected chi connectivity index (χ4v) is 7.99. The molecule has 0 N–H and O–H groups in total. The van der Waals surface area contributed by atoms with Crippen molar-refractivity contribution in [3.05, 3.63) is 11.6 Å². The van der Waals surface area contributed by atoms with E-state index in [0.29, 0.717) is 10.8 Å². The molecule has 0 spiro atoms. The van der Waals surface area contributed by atoms with Gasteiger partial charge in [-0.25, -0.2) is 0 Å². The molecule has 0 aliphatic heterocycles. The van der Waals surface area contributed by atoms with Gasteiger partial charge in [-0.1, -0.05) is 32.4 Å². The molecule has 26 heavy (non-hydrogen) atoms. The molecule has 2 heteroatoms. The topological polar surface area (TPSA) is 26.3 Å². The number of fused-ring (bicyclic) bond motifs is 5. The summed E-state index contributed by atoms with van der Waals surface area (Å²) in [5.74, 6) is 3.42. The van der Waals surface area contributed by atoms with Crippen molar-refractivity contribution in [2.45, 2.75) is 98.0 Å². The Morgan fingerprint density at radius 2 is 1.92 bits per heavy atom. The van der Waals surface area contributed by atoms with Gasteiger partial charge in [0.2, 0.25) is 0 Å². The Hall–Kier alpha value is -0.790. The van der Waals surface area contributed by atoms with Crippen molar-refractivity contribution in [1.29, 1.82) is 0 Å². The molecule has 146 valence electrons. The zero-order valence-corrected chi connectivity index (χ0v) is 17.4. The first-order valence-corrected chi connectivity index (χ1v) is 11.2. The van der Waals surface area contributed by atoms with E-state index in [4.69, 9.17) is 4.74 Å². The van der Waals surface area contributed by atoms with Crippen molar-refractivity contribution < 1.29 is 9.53 Å². The Balaban J connectivity index is 1.54. The molecule has 0 aromatic carbocycles. The third-order valence-corrected chi connectivity index (χ3v) is 9.25. The molecule has 0 heterocycles. The van der Waals surface area contributed by atoms with Crippen molar-refractivity contribution in [1.82, 2.24) is 0 Å². The summed E-state index contributed by atoms with van der Waals surface area (Å²) in [5, 5.41) is 0. The molecule has 4 fully saturated rings. The quantitative estimate of drug-likeness (QED) is 0.428. The first kappa shape index (κ1) is 18.6. The molecule has 4 rings (SSSR count). The average Bonchev–Trinajstić information content (AvgIpc) is 2.92. The van der Waals surface area contributed by atoms with E-state index in [9.17, 15) is 4.79 Å². The van der Waals surface area contributed by atoms with E-state index < -0.39 is 0 Å². The predicted octanol–water partition coefficient (Wildman–Crippen LogP) is 6.30. The Kier molecular flexibility index (Phi) is 4.77. The number of hydrogen-bond acceptors (Lipinski definition) is 2. The van der Waals surface area contributed by atoms with E-state index >= 15 is 0 Å². The summed E-state index contributed by atoms with van der Waals surface area (Å²) < 4.78 is 5.60. The average molecular weight is 359 g/mol. The van der Waals surface area contributed by atoms with Gasteiger partial charge in [0.25, 0.3) is 0 Å². The van der Waals surface area contributed by atoms with Crippen LogP contribution >= 0.6 is 0 Å². The Morgan fingerprint density at radius 1 is 1.12 bits per heavy atom. The molecule has 0 bridgehead atoms. The number of allylic oxidation sites excluding steroid dienone is 2. The normalized spacial score (nSPS) is 49.2. The molecule has 0 unspecified atom stereocenters. The zero-order valence-electron chi connectivity index (χ0n) is 17.4. The van der Waals surface area contributed by atoms with Gasteiger partial charge in [0.05, 0.1) is 0 Å². The second-order valence-corrected chi connectivity index (χ2v) is 10.3. The highest BCUT2D eigenvalue weighted by Gasteiger charge is 2.59. The highest BCUT2D eigenvalue weighted by Crippen LogP contribution is 2.67. The standard InChI is InChI=1S/C24H38O2/c1-5-6-17-8-10-21-20-9-7-18-15-19(26-16(2)25)11-13-24(18,4)22(20)12-14-23(17,21)3/h6,18-22H,5,7-15H2,1-4H3/b17-6+/t18-,19+,20+,21+,22+,23-,24+/m1/s1. The van der Waals surface area contributed by atoms with E-state index in [1.54, 1.807) is 12.5 Å². The van der Waals surface area contributed by atoms with Gasteiger partial charge in [0.15, 0.2) is 0 Å². The fourth-order valence-electron chi connectivity index (χ4n) is 7.99. The van der Waals surface area contributed by atoms with Crippen molar-refractivity contribution in [2.24, 2.45) is 34.5 Å². The van der Waals surface area contributed by atoms with Crippen LogP contribution in [-0.4, -0.2) is 12.1 Å². The molecule has 4 aliphatic rings. The number of hydrogen-bond donors (Lipinski definition) is 0. The van der Waals surface area contributed by atoms with Gasteiger partial charge < -0.3 is 4.74 Å². The first-order valence-electron chi connectivity index (χ1n) is 11.2.